The van der Waals surface area contributed by atoms with E-state index in [1.807, 2.05) is 30.3 Å². The third-order valence-electron chi connectivity index (χ3n) is 6.57. The zero-order chi connectivity index (χ0) is 25.9. The summed E-state index contributed by atoms with van der Waals surface area (Å²) < 4.78 is 30.5. The van der Waals surface area contributed by atoms with Crippen LogP contribution in [0.25, 0.3) is 21.9 Å². The summed E-state index contributed by atoms with van der Waals surface area (Å²) in [6, 6.07) is 15.1. The molecule has 192 valence electrons. The molecule has 36 heavy (non-hydrogen) atoms. The molecule has 0 fully saturated rings. The minimum atomic E-state index is -3.54. The first-order valence-electron chi connectivity index (χ1n) is 12.8. The summed E-state index contributed by atoms with van der Waals surface area (Å²) in [7, 11) is -3.54. The standard InChI is InChI=1S/C28H37N5O2S/c1-5-6-13-24-32-25-26(22-11-7-8-12-23(22)31-27(25)29)33(24)19-10-9-18-30-36(34,35)21-16-14-20(15-17-21)28(2,3)4/h7-8,11-12,14-17,30H,5-6,9-10,13,18-19H2,1-4H3,(H2,29,31). The number of sulfonamides is 1. The molecule has 2 aromatic carbocycles. The van der Waals surface area contributed by atoms with E-state index in [0.29, 0.717) is 23.7 Å². The molecule has 8 heteroatoms. The molecule has 2 heterocycles. The fourth-order valence-corrected chi connectivity index (χ4v) is 5.56. The van der Waals surface area contributed by atoms with Crippen LogP contribution in [0.4, 0.5) is 5.82 Å². The number of nitrogens with zero attached hydrogens (tertiary/aromatic N) is 3. The van der Waals surface area contributed by atoms with E-state index >= 15 is 0 Å². The van der Waals surface area contributed by atoms with Crippen molar-refractivity contribution in [3.8, 4) is 0 Å². The molecule has 0 saturated carbocycles. The second-order valence-electron chi connectivity index (χ2n) is 10.4. The Morgan fingerprint density at radius 2 is 1.69 bits per heavy atom. The number of benzene rings is 2. The third-order valence-corrected chi connectivity index (χ3v) is 8.05. The summed E-state index contributed by atoms with van der Waals surface area (Å²) in [4.78, 5) is 9.71. The van der Waals surface area contributed by atoms with Gasteiger partial charge < -0.3 is 10.3 Å². The van der Waals surface area contributed by atoms with Crippen molar-refractivity contribution in [3.63, 3.8) is 0 Å². The van der Waals surface area contributed by atoms with E-state index in [1.165, 1.54) is 0 Å². The van der Waals surface area contributed by atoms with Crippen LogP contribution in [0.3, 0.4) is 0 Å². The number of rotatable bonds is 10. The van der Waals surface area contributed by atoms with Crippen LogP contribution >= 0.6 is 0 Å². The van der Waals surface area contributed by atoms with Gasteiger partial charge in [-0.3, -0.25) is 0 Å². The van der Waals surface area contributed by atoms with Crippen molar-refractivity contribution in [3.05, 3.63) is 59.9 Å². The number of nitrogens with one attached hydrogen (secondary N) is 1. The van der Waals surface area contributed by atoms with Crippen molar-refractivity contribution in [2.75, 3.05) is 12.3 Å². The quantitative estimate of drug-likeness (QED) is 0.273. The number of nitrogens with two attached hydrogens (primary N) is 1. The van der Waals surface area contributed by atoms with Crippen LogP contribution in [-0.2, 0) is 28.4 Å². The van der Waals surface area contributed by atoms with Gasteiger partial charge in [0.1, 0.15) is 11.3 Å². The molecule has 2 aromatic heterocycles. The molecule has 0 unspecified atom stereocenters. The topological polar surface area (TPSA) is 103 Å². The molecular weight excluding hydrogens is 470 g/mol. The predicted molar refractivity (Wildman–Crippen MR) is 148 cm³/mol. The number of nitrogen functional groups attached to an aromatic ring is 1. The van der Waals surface area contributed by atoms with E-state index in [4.69, 9.17) is 10.7 Å². The van der Waals surface area contributed by atoms with E-state index in [2.05, 4.69) is 48.0 Å². The predicted octanol–water partition coefficient (Wildman–Crippen LogP) is 5.57. The lowest BCUT2D eigenvalue weighted by Gasteiger charge is -2.19. The molecule has 7 nitrogen and oxygen atoms in total. The highest BCUT2D eigenvalue weighted by Crippen LogP contribution is 2.29. The highest BCUT2D eigenvalue weighted by Gasteiger charge is 2.19. The molecule has 4 rings (SSSR count). The highest BCUT2D eigenvalue weighted by molar-refractivity contribution is 7.89. The van der Waals surface area contributed by atoms with E-state index in [0.717, 1.165) is 65.6 Å². The molecule has 4 aromatic rings. The van der Waals surface area contributed by atoms with Crippen molar-refractivity contribution >= 4 is 37.8 Å². The number of hydrogen-bond donors (Lipinski definition) is 2. The van der Waals surface area contributed by atoms with Crippen molar-refractivity contribution < 1.29 is 8.42 Å². The van der Waals surface area contributed by atoms with Crippen molar-refractivity contribution in [2.45, 2.75) is 76.7 Å². The number of aromatic nitrogens is 3. The highest BCUT2D eigenvalue weighted by atomic mass is 32.2. The lowest BCUT2D eigenvalue weighted by molar-refractivity contribution is 0.561. The Morgan fingerprint density at radius 3 is 2.39 bits per heavy atom. The Morgan fingerprint density at radius 1 is 0.972 bits per heavy atom. The average Bonchev–Trinajstić information content (AvgIpc) is 3.21. The molecule has 0 aliphatic rings. The summed E-state index contributed by atoms with van der Waals surface area (Å²) in [6.45, 7) is 9.62. The van der Waals surface area contributed by atoms with Crippen LogP contribution in [-0.4, -0.2) is 29.5 Å². The van der Waals surface area contributed by atoms with Crippen molar-refractivity contribution in [2.24, 2.45) is 0 Å². The zero-order valence-electron chi connectivity index (χ0n) is 21.7. The van der Waals surface area contributed by atoms with Gasteiger partial charge in [0.15, 0.2) is 5.82 Å². The molecule has 0 radical (unpaired) electrons. The van der Waals surface area contributed by atoms with E-state index < -0.39 is 10.0 Å². The van der Waals surface area contributed by atoms with Crippen LogP contribution in [0.2, 0.25) is 0 Å². The van der Waals surface area contributed by atoms with Gasteiger partial charge >= 0.3 is 0 Å². The first-order valence-corrected chi connectivity index (χ1v) is 14.2. The average molecular weight is 508 g/mol. The van der Waals surface area contributed by atoms with Gasteiger partial charge in [0.2, 0.25) is 10.0 Å². The summed E-state index contributed by atoms with van der Waals surface area (Å²) >= 11 is 0. The fourth-order valence-electron chi connectivity index (χ4n) is 4.49. The Hall–Kier alpha value is -2.97. The van der Waals surface area contributed by atoms with Gasteiger partial charge in [-0.05, 0) is 48.4 Å². The fraction of sp³-hybridized carbons (Fsp3) is 0.429. The number of hydrogen-bond acceptors (Lipinski definition) is 5. The number of para-hydroxylation sites is 1. The second-order valence-corrected chi connectivity index (χ2v) is 12.1. The number of pyridine rings is 1. The molecule has 0 saturated heterocycles. The maximum atomic E-state index is 12.8. The van der Waals surface area contributed by atoms with Gasteiger partial charge in [-0.15, -0.1) is 0 Å². The van der Waals surface area contributed by atoms with Crippen LogP contribution in [0, 0.1) is 0 Å². The van der Waals surface area contributed by atoms with Crippen LogP contribution < -0.4 is 10.5 Å². The van der Waals surface area contributed by atoms with Crippen LogP contribution in [0.1, 0.15) is 64.8 Å². The number of fused-ring (bicyclic) bond motifs is 3. The summed E-state index contributed by atoms with van der Waals surface area (Å²) in [5, 5.41) is 1.04. The third kappa shape index (κ3) is 5.55. The molecule has 0 aliphatic carbocycles. The van der Waals surface area contributed by atoms with Crippen LogP contribution in [0.5, 0.6) is 0 Å². The summed E-state index contributed by atoms with van der Waals surface area (Å²) in [5.41, 5.74) is 10.00. The Bertz CT molecular complexity index is 1450. The van der Waals surface area contributed by atoms with Gasteiger partial charge in [0.25, 0.3) is 0 Å². The molecular formula is C28H37N5O2S. The Balaban J connectivity index is 1.47. The normalized spacial score (nSPS) is 12.6. The number of unbranched alkanes of at least 4 members (excludes halogenated alkanes) is 2. The first kappa shape index (κ1) is 26.1. The molecule has 0 aliphatic heterocycles. The Kier molecular flexibility index (Phi) is 7.66. The smallest absolute Gasteiger partial charge is 0.240 e. The lowest BCUT2D eigenvalue weighted by atomic mass is 9.87. The molecule has 0 spiro atoms. The van der Waals surface area contributed by atoms with Crippen molar-refractivity contribution in [1.82, 2.24) is 19.3 Å². The van der Waals surface area contributed by atoms with E-state index in [-0.39, 0.29) is 5.41 Å². The number of anilines is 1. The van der Waals surface area contributed by atoms with Crippen molar-refractivity contribution in [1.29, 1.82) is 0 Å². The molecule has 0 bridgehead atoms. The second kappa shape index (κ2) is 10.6. The largest absolute Gasteiger partial charge is 0.382 e. The summed E-state index contributed by atoms with van der Waals surface area (Å²) in [5.74, 6) is 1.46. The lowest BCUT2D eigenvalue weighted by Crippen LogP contribution is -2.25. The van der Waals surface area contributed by atoms with Gasteiger partial charge in [0.05, 0.1) is 15.9 Å². The number of imidazole rings is 1. The van der Waals surface area contributed by atoms with Gasteiger partial charge in [-0.2, -0.15) is 0 Å². The first-order chi connectivity index (χ1) is 17.1. The van der Waals surface area contributed by atoms with Gasteiger partial charge in [-0.25, -0.2) is 23.1 Å². The maximum Gasteiger partial charge on any atom is 0.240 e. The summed E-state index contributed by atoms with van der Waals surface area (Å²) in [6.07, 6.45) is 4.52. The number of aryl methyl sites for hydroxylation is 2. The zero-order valence-corrected chi connectivity index (χ0v) is 22.5. The molecule has 3 N–H and O–H groups in total. The van der Waals surface area contributed by atoms with Gasteiger partial charge in [0, 0.05) is 24.9 Å². The van der Waals surface area contributed by atoms with E-state index in [1.54, 1.807) is 12.1 Å². The maximum absolute atomic E-state index is 12.8. The molecule has 0 amide bonds. The van der Waals surface area contributed by atoms with Crippen LogP contribution in [0.15, 0.2) is 53.4 Å². The van der Waals surface area contributed by atoms with Gasteiger partial charge in [-0.1, -0.05) is 64.4 Å². The Labute approximate surface area is 214 Å². The van der Waals surface area contributed by atoms with E-state index in [9.17, 15) is 8.42 Å². The molecule has 0 atom stereocenters. The monoisotopic (exact) mass is 507 g/mol. The minimum Gasteiger partial charge on any atom is -0.382 e. The SMILES string of the molecule is CCCCc1nc2c(N)nc3ccccc3c2n1CCCCNS(=O)(=O)c1ccc(C(C)(C)C)cc1. The minimum absolute atomic E-state index is 0.0186.